The van der Waals surface area contributed by atoms with Gasteiger partial charge in [0.1, 0.15) is 0 Å². The van der Waals surface area contributed by atoms with Crippen molar-refractivity contribution in [1.29, 1.82) is 0 Å². The van der Waals surface area contributed by atoms with Crippen LogP contribution in [0.15, 0.2) is 0 Å². The lowest BCUT2D eigenvalue weighted by Crippen LogP contribution is -2.71. The molecular formula is C10H4F18OS. The van der Waals surface area contributed by atoms with Crippen molar-refractivity contribution < 1.29 is 83.8 Å². The van der Waals surface area contributed by atoms with Crippen LogP contribution in [0.2, 0.25) is 0 Å². The van der Waals surface area contributed by atoms with Crippen molar-refractivity contribution in [2.75, 3.05) is 12.4 Å². The SMILES string of the molecule is FC(F)(F)C(F)(F)C1(F)OCCS1(C(F)(F)F)C(F)(F)C(F)(C(F)(F)F)C(F)(F)F. The van der Waals surface area contributed by atoms with Gasteiger partial charge in [0.05, 0.1) is 6.61 Å². The number of ether oxygens (including phenoxy) is 1. The molecule has 1 saturated heterocycles. The average molecular weight is 514 g/mol. The molecule has 0 aromatic rings. The molecule has 0 N–H and O–H groups in total. The number of hydrogen-bond acceptors (Lipinski definition) is 1. The van der Waals surface area contributed by atoms with Crippen LogP contribution in [0, 0.1) is 0 Å². The summed E-state index contributed by atoms with van der Waals surface area (Å²) in [5.74, 6) is -11.0. The van der Waals surface area contributed by atoms with Crippen LogP contribution in [0.25, 0.3) is 0 Å². The van der Waals surface area contributed by atoms with Crippen molar-refractivity contribution in [1.82, 2.24) is 0 Å². The molecule has 20 heteroatoms. The molecule has 1 aliphatic heterocycles. The first-order valence-electron chi connectivity index (χ1n) is 6.55. The summed E-state index contributed by atoms with van der Waals surface area (Å²) in [5.41, 5.74) is -16.1. The molecule has 0 amide bonds. The summed E-state index contributed by atoms with van der Waals surface area (Å²) in [6.07, 6.45) is -23.7. The van der Waals surface area contributed by atoms with Crippen LogP contribution in [0.4, 0.5) is 79.0 Å². The highest BCUT2D eigenvalue weighted by atomic mass is 32.3. The van der Waals surface area contributed by atoms with Crippen molar-refractivity contribution in [3.63, 3.8) is 0 Å². The third-order valence-electron chi connectivity index (χ3n) is 3.87. The van der Waals surface area contributed by atoms with Crippen molar-refractivity contribution in [2.24, 2.45) is 0 Å². The minimum atomic E-state index is -8.57. The fourth-order valence-corrected chi connectivity index (χ4v) is 5.99. The maximum absolute atomic E-state index is 14.4. The second-order valence-electron chi connectivity index (χ2n) is 5.52. The van der Waals surface area contributed by atoms with E-state index in [1.54, 1.807) is 0 Å². The Bertz CT molecular complexity index is 642. The molecule has 30 heavy (non-hydrogen) atoms. The standard InChI is InChI=1S/C10H4F18OS/c11-3(5(14,15)16,6(17,18)19)8(23,24)30(10(26,27)28)2-1-29-9(30,25)4(12,13)7(20,21)22/h1-2H2. The summed E-state index contributed by atoms with van der Waals surface area (Å²) in [4.78, 5) is 0. The summed E-state index contributed by atoms with van der Waals surface area (Å²) < 4.78 is 239. The number of alkyl halides is 18. The van der Waals surface area contributed by atoms with Crippen molar-refractivity contribution in [3.05, 3.63) is 0 Å². The maximum atomic E-state index is 14.4. The van der Waals surface area contributed by atoms with Gasteiger partial charge in [-0.1, -0.05) is 0 Å². The molecule has 2 unspecified atom stereocenters. The smallest absolute Gasteiger partial charge is 0.333 e. The van der Waals surface area contributed by atoms with Gasteiger partial charge in [0.25, 0.3) is 0 Å². The zero-order chi connectivity index (χ0) is 24.6. The molecule has 2 atom stereocenters. The van der Waals surface area contributed by atoms with Crippen molar-refractivity contribution in [3.8, 4) is 0 Å². The Hall–Kier alpha value is -0.950. The van der Waals surface area contributed by atoms with Crippen molar-refractivity contribution >= 4 is 10.0 Å². The van der Waals surface area contributed by atoms with Gasteiger partial charge in [0.15, 0.2) is 0 Å². The van der Waals surface area contributed by atoms with E-state index >= 15 is 0 Å². The second-order valence-corrected chi connectivity index (χ2v) is 8.90. The van der Waals surface area contributed by atoms with Gasteiger partial charge < -0.3 is 4.74 Å². The Morgan fingerprint density at radius 3 is 1.23 bits per heavy atom. The van der Waals surface area contributed by atoms with E-state index in [1.807, 2.05) is 0 Å². The molecule has 182 valence electrons. The highest BCUT2D eigenvalue weighted by molar-refractivity contribution is 8.36. The van der Waals surface area contributed by atoms with Crippen LogP contribution >= 0.6 is 10.0 Å². The predicted octanol–water partition coefficient (Wildman–Crippen LogP) is 6.59. The molecule has 0 saturated carbocycles. The number of hydrogen-bond donors (Lipinski definition) is 0. The van der Waals surface area contributed by atoms with Gasteiger partial charge in [-0.3, -0.25) is 0 Å². The van der Waals surface area contributed by atoms with Crippen LogP contribution in [0.5, 0.6) is 0 Å². The fraction of sp³-hybridized carbons (Fsp3) is 1.00. The molecule has 1 heterocycles. The van der Waals surface area contributed by atoms with Crippen molar-refractivity contribution in [2.45, 2.75) is 46.1 Å². The fourth-order valence-electron chi connectivity index (χ4n) is 2.44. The minimum absolute atomic E-state index is 2.57. The maximum Gasteiger partial charge on any atom is 0.460 e. The summed E-state index contributed by atoms with van der Waals surface area (Å²) in [6.45, 7) is -2.57. The monoisotopic (exact) mass is 514 g/mol. The molecule has 0 aliphatic carbocycles. The third kappa shape index (κ3) is 2.94. The van der Waals surface area contributed by atoms with Crippen LogP contribution in [-0.2, 0) is 4.74 Å². The first kappa shape index (κ1) is 27.1. The van der Waals surface area contributed by atoms with Gasteiger partial charge in [-0.05, 0) is 10.0 Å². The molecule has 0 spiro atoms. The van der Waals surface area contributed by atoms with Crippen LogP contribution in [-0.4, -0.2) is 58.4 Å². The molecule has 0 aromatic heterocycles. The highest BCUT2D eigenvalue weighted by Crippen LogP contribution is 2.87. The van der Waals surface area contributed by atoms with E-state index in [0.717, 1.165) is 0 Å². The number of halogens is 18. The molecule has 1 rings (SSSR count). The Labute approximate surface area is 153 Å². The molecular weight excluding hydrogens is 510 g/mol. The van der Waals surface area contributed by atoms with E-state index in [-0.39, 0.29) is 0 Å². The summed E-state index contributed by atoms with van der Waals surface area (Å²) in [7, 11) is -8.57. The average Bonchev–Trinajstić information content (AvgIpc) is 2.83. The lowest BCUT2D eigenvalue weighted by Gasteiger charge is -2.54. The highest BCUT2D eigenvalue weighted by Gasteiger charge is 2.98. The molecule has 0 radical (unpaired) electrons. The molecule has 0 aromatic carbocycles. The summed E-state index contributed by atoms with van der Waals surface area (Å²) >= 11 is 0. The first-order valence-corrected chi connectivity index (χ1v) is 8.35. The molecule has 0 bridgehead atoms. The normalized spacial score (nSPS) is 30.3. The van der Waals surface area contributed by atoms with Crippen LogP contribution in [0.1, 0.15) is 0 Å². The van der Waals surface area contributed by atoms with E-state index in [4.69, 9.17) is 0 Å². The number of rotatable bonds is 3. The van der Waals surface area contributed by atoms with Gasteiger partial charge in [-0.2, -0.15) is 74.6 Å². The molecule has 1 fully saturated rings. The zero-order valence-electron chi connectivity index (χ0n) is 13.0. The third-order valence-corrected chi connectivity index (χ3v) is 7.87. The zero-order valence-corrected chi connectivity index (χ0v) is 13.9. The Balaban J connectivity index is 4.18. The van der Waals surface area contributed by atoms with E-state index in [0.29, 0.717) is 0 Å². The van der Waals surface area contributed by atoms with E-state index in [2.05, 4.69) is 4.74 Å². The van der Waals surface area contributed by atoms with Gasteiger partial charge in [0.2, 0.25) is 0 Å². The van der Waals surface area contributed by atoms with Crippen LogP contribution in [0.3, 0.4) is 0 Å². The quantitative estimate of drug-likeness (QED) is 0.387. The van der Waals surface area contributed by atoms with Gasteiger partial charge >= 0.3 is 46.1 Å². The molecule has 1 aliphatic rings. The van der Waals surface area contributed by atoms with Gasteiger partial charge in [-0.25, -0.2) is 4.39 Å². The van der Waals surface area contributed by atoms with E-state index in [1.165, 1.54) is 0 Å². The van der Waals surface area contributed by atoms with Crippen LogP contribution < -0.4 is 0 Å². The van der Waals surface area contributed by atoms with Gasteiger partial charge in [-0.15, -0.1) is 0 Å². The second kappa shape index (κ2) is 6.53. The molecule has 1 nitrogen and oxygen atoms in total. The summed E-state index contributed by atoms with van der Waals surface area (Å²) in [5, 5.41) is -15.5. The van der Waals surface area contributed by atoms with E-state index < -0.39 is 68.5 Å². The Morgan fingerprint density at radius 1 is 0.600 bits per heavy atom. The lowest BCUT2D eigenvalue weighted by atomic mass is 10.1. The minimum Gasteiger partial charge on any atom is -0.333 e. The van der Waals surface area contributed by atoms with E-state index in [9.17, 15) is 79.0 Å². The first-order chi connectivity index (χ1) is 12.7. The lowest BCUT2D eigenvalue weighted by molar-refractivity contribution is -0.383. The summed E-state index contributed by atoms with van der Waals surface area (Å²) in [6, 6.07) is 0. The predicted molar refractivity (Wildman–Crippen MR) is 60.2 cm³/mol. The Kier molecular flexibility index (Phi) is 5.90. The topological polar surface area (TPSA) is 9.23 Å². The largest absolute Gasteiger partial charge is 0.460 e. The Morgan fingerprint density at radius 2 is 0.967 bits per heavy atom. The van der Waals surface area contributed by atoms with Gasteiger partial charge in [0, 0.05) is 5.75 Å².